The highest BCUT2D eigenvalue weighted by Crippen LogP contribution is 2.43. The highest BCUT2D eigenvalue weighted by Gasteiger charge is 2.54. The molecule has 0 saturated heterocycles. The summed E-state index contributed by atoms with van der Waals surface area (Å²) in [5.41, 5.74) is -1.11. The van der Waals surface area contributed by atoms with Crippen LogP contribution in [0.5, 0.6) is 0 Å². The van der Waals surface area contributed by atoms with Gasteiger partial charge in [0.15, 0.2) is 11.7 Å². The molecular weight excluding hydrogens is 392 g/mol. The number of ether oxygens (including phenoxy) is 4. The van der Waals surface area contributed by atoms with E-state index in [2.05, 4.69) is 19.6 Å². The maximum absolute atomic E-state index is 13.3. The van der Waals surface area contributed by atoms with Crippen molar-refractivity contribution in [3.8, 4) is 0 Å². The first-order valence-corrected chi connectivity index (χ1v) is 13.6. The van der Waals surface area contributed by atoms with Gasteiger partial charge in [-0.1, -0.05) is 6.08 Å². The average molecular weight is 429 g/mol. The normalized spacial score (nSPS) is 14.9. The second kappa shape index (κ2) is 11.5. The van der Waals surface area contributed by atoms with Crippen LogP contribution in [0.4, 0.5) is 0 Å². The Hall–Kier alpha value is -1.64. The van der Waals surface area contributed by atoms with Crippen LogP contribution in [0.15, 0.2) is 23.5 Å². The van der Waals surface area contributed by atoms with E-state index in [-0.39, 0.29) is 19.6 Å². The Morgan fingerprint density at radius 1 is 1.00 bits per heavy atom. The van der Waals surface area contributed by atoms with Crippen molar-refractivity contribution in [2.75, 3.05) is 27.4 Å². The van der Waals surface area contributed by atoms with E-state index in [0.717, 1.165) is 6.42 Å². The van der Waals surface area contributed by atoms with Gasteiger partial charge in [-0.2, -0.15) is 0 Å². The summed E-state index contributed by atoms with van der Waals surface area (Å²) in [7, 11) is 1.04. The third-order valence-electron chi connectivity index (χ3n) is 4.51. The fourth-order valence-corrected chi connectivity index (χ4v) is 4.13. The van der Waals surface area contributed by atoms with Gasteiger partial charge in [0.25, 0.3) is 0 Å². The van der Waals surface area contributed by atoms with E-state index >= 15 is 0 Å². The molecule has 1 rings (SSSR count). The Morgan fingerprint density at radius 3 is 1.97 bits per heavy atom. The third kappa shape index (κ3) is 6.69. The molecule has 0 N–H and O–H groups in total. The molecule has 1 aliphatic rings. The van der Waals surface area contributed by atoms with Crippen LogP contribution in [-0.2, 0) is 33.0 Å². The van der Waals surface area contributed by atoms with Crippen molar-refractivity contribution < 1.29 is 33.0 Å². The highest BCUT2D eigenvalue weighted by molar-refractivity contribution is 6.70. The number of hydrogen-bond acceptors (Lipinski definition) is 7. The molecule has 0 atom stereocenters. The van der Waals surface area contributed by atoms with Crippen molar-refractivity contribution in [2.24, 2.45) is 5.41 Å². The van der Waals surface area contributed by atoms with E-state index in [0.29, 0.717) is 24.2 Å². The van der Waals surface area contributed by atoms with Crippen LogP contribution in [0.3, 0.4) is 0 Å². The summed E-state index contributed by atoms with van der Waals surface area (Å²) in [6.45, 7) is 9.91. The maximum Gasteiger partial charge on any atom is 0.328 e. The summed E-state index contributed by atoms with van der Waals surface area (Å²) in [5.74, 6) is -0.701. The SMILES string of the molecule is CCOC(=O)C(CCC(OC)OC)(C(=O)OCC)C1=CCCC=C1O[Si](C)(C)C. The molecule has 0 aromatic carbocycles. The summed E-state index contributed by atoms with van der Waals surface area (Å²) in [5, 5.41) is 0. The summed E-state index contributed by atoms with van der Waals surface area (Å²) >= 11 is 0. The van der Waals surface area contributed by atoms with Crippen LogP contribution in [0, 0.1) is 5.41 Å². The first kappa shape index (κ1) is 25.4. The molecule has 1 aliphatic carbocycles. The Morgan fingerprint density at radius 2 is 1.52 bits per heavy atom. The van der Waals surface area contributed by atoms with Gasteiger partial charge >= 0.3 is 11.9 Å². The van der Waals surface area contributed by atoms with Gasteiger partial charge < -0.3 is 23.4 Å². The summed E-state index contributed by atoms with van der Waals surface area (Å²) in [4.78, 5) is 26.5. The van der Waals surface area contributed by atoms with Gasteiger partial charge in [-0.15, -0.1) is 0 Å². The zero-order valence-corrected chi connectivity index (χ0v) is 19.8. The Labute approximate surface area is 175 Å². The largest absolute Gasteiger partial charge is 0.544 e. The lowest BCUT2D eigenvalue weighted by molar-refractivity contribution is -0.171. The maximum atomic E-state index is 13.3. The molecule has 0 fully saturated rings. The van der Waals surface area contributed by atoms with Gasteiger partial charge in [-0.3, -0.25) is 9.59 Å². The van der Waals surface area contributed by atoms with Crippen molar-refractivity contribution in [1.82, 2.24) is 0 Å². The van der Waals surface area contributed by atoms with Gasteiger partial charge in [-0.05, 0) is 58.8 Å². The van der Waals surface area contributed by atoms with Gasteiger partial charge in [0, 0.05) is 26.2 Å². The monoisotopic (exact) mass is 428 g/mol. The van der Waals surface area contributed by atoms with E-state index in [1.807, 2.05) is 12.2 Å². The summed E-state index contributed by atoms with van der Waals surface area (Å²) < 4.78 is 27.6. The Kier molecular flexibility index (Phi) is 10.1. The molecule has 7 nitrogen and oxygen atoms in total. The van der Waals surface area contributed by atoms with E-state index in [9.17, 15) is 9.59 Å². The van der Waals surface area contributed by atoms with E-state index in [1.54, 1.807) is 13.8 Å². The molecule has 0 amide bonds. The quantitative estimate of drug-likeness (QED) is 0.201. The molecule has 0 radical (unpaired) electrons. The van der Waals surface area contributed by atoms with Crippen molar-refractivity contribution in [3.63, 3.8) is 0 Å². The van der Waals surface area contributed by atoms with Crippen molar-refractivity contribution in [1.29, 1.82) is 0 Å². The molecule has 0 saturated carbocycles. The van der Waals surface area contributed by atoms with Gasteiger partial charge in [0.1, 0.15) is 5.76 Å². The molecule has 0 aliphatic heterocycles. The van der Waals surface area contributed by atoms with E-state index < -0.39 is 32.0 Å². The molecule has 0 aromatic rings. The van der Waals surface area contributed by atoms with Crippen LogP contribution in [0.1, 0.15) is 39.5 Å². The zero-order valence-electron chi connectivity index (χ0n) is 18.8. The number of carbonyl (C=O) groups excluding carboxylic acids is 2. The van der Waals surface area contributed by atoms with E-state index in [1.165, 1.54) is 14.2 Å². The average Bonchev–Trinajstić information content (AvgIpc) is 2.65. The molecule has 8 heteroatoms. The number of allylic oxidation sites excluding steroid dienone is 3. The first-order chi connectivity index (χ1) is 13.7. The van der Waals surface area contributed by atoms with Crippen LogP contribution >= 0.6 is 0 Å². The summed E-state index contributed by atoms with van der Waals surface area (Å²) in [6, 6.07) is 0. The fourth-order valence-electron chi connectivity index (χ4n) is 3.28. The minimum Gasteiger partial charge on any atom is -0.544 e. The minimum absolute atomic E-state index is 0.120. The first-order valence-electron chi connectivity index (χ1n) is 10.2. The van der Waals surface area contributed by atoms with Gasteiger partial charge in [0.05, 0.1) is 13.2 Å². The van der Waals surface area contributed by atoms with Crippen molar-refractivity contribution in [3.05, 3.63) is 23.5 Å². The number of carbonyl (C=O) groups is 2. The predicted molar refractivity (Wildman–Crippen MR) is 113 cm³/mol. The molecule has 29 heavy (non-hydrogen) atoms. The molecule has 166 valence electrons. The molecule has 0 heterocycles. The highest BCUT2D eigenvalue weighted by atomic mass is 28.4. The van der Waals surface area contributed by atoms with Crippen molar-refractivity contribution >= 4 is 20.3 Å². The second-order valence-corrected chi connectivity index (χ2v) is 12.2. The third-order valence-corrected chi connectivity index (χ3v) is 5.35. The van der Waals surface area contributed by atoms with Gasteiger partial charge in [0.2, 0.25) is 8.32 Å². The smallest absolute Gasteiger partial charge is 0.328 e. The van der Waals surface area contributed by atoms with Crippen LogP contribution in [0.2, 0.25) is 19.6 Å². The number of methoxy groups -OCH3 is 2. The minimum atomic E-state index is -1.99. The van der Waals surface area contributed by atoms with Crippen LogP contribution in [0.25, 0.3) is 0 Å². The van der Waals surface area contributed by atoms with Gasteiger partial charge in [-0.25, -0.2) is 0 Å². The molecule has 0 spiro atoms. The van der Waals surface area contributed by atoms with E-state index in [4.69, 9.17) is 23.4 Å². The number of hydrogen-bond donors (Lipinski definition) is 0. The van der Waals surface area contributed by atoms with Crippen LogP contribution in [-0.4, -0.2) is 54.0 Å². The number of rotatable bonds is 12. The Balaban J connectivity index is 3.52. The molecule has 0 bridgehead atoms. The topological polar surface area (TPSA) is 80.3 Å². The number of esters is 2. The summed E-state index contributed by atoms with van der Waals surface area (Å²) in [6.07, 6.45) is 5.20. The Bertz CT molecular complexity index is 597. The zero-order chi connectivity index (χ0) is 22.1. The molecular formula is C21H36O7Si. The lowest BCUT2D eigenvalue weighted by Gasteiger charge is -2.36. The lowest BCUT2D eigenvalue weighted by atomic mass is 9.73. The lowest BCUT2D eigenvalue weighted by Crippen LogP contribution is -2.46. The second-order valence-electron chi connectivity index (χ2n) is 7.76. The molecule has 0 aromatic heterocycles. The fraction of sp³-hybridized carbons (Fsp3) is 0.714. The standard InChI is InChI=1S/C21H36O7Si/c1-8-26-19(22)21(20(23)27-9-2,15-14-18(24-3)25-4)16-12-10-11-13-17(16)28-29(5,6)7/h12-13,18H,8-11,14-15H2,1-7H3. The predicted octanol–water partition coefficient (Wildman–Crippen LogP) is 3.95. The van der Waals surface area contributed by atoms with Crippen LogP contribution < -0.4 is 0 Å². The molecule has 0 unspecified atom stereocenters. The van der Waals surface area contributed by atoms with Crippen molar-refractivity contribution in [2.45, 2.75) is 65.5 Å².